The van der Waals surface area contributed by atoms with Crippen LogP contribution in [0, 0.1) is 17.8 Å². The molecule has 0 aliphatic rings. The van der Waals surface area contributed by atoms with Crippen LogP contribution in [0.5, 0.6) is 0 Å². The summed E-state index contributed by atoms with van der Waals surface area (Å²) in [5.74, 6) is 6.17. The highest BCUT2D eigenvalue weighted by Crippen LogP contribution is 2.34. The Hall–Kier alpha value is -1.98. The second-order valence-corrected chi connectivity index (χ2v) is 12.9. The summed E-state index contributed by atoms with van der Waals surface area (Å²) in [6, 6.07) is 9.14. The van der Waals surface area contributed by atoms with Crippen molar-refractivity contribution in [3.05, 3.63) is 29.8 Å². The van der Waals surface area contributed by atoms with Gasteiger partial charge in [0.05, 0.1) is 52.8 Å². The van der Waals surface area contributed by atoms with Crippen molar-refractivity contribution in [3.63, 3.8) is 0 Å². The Bertz CT molecular complexity index is 897. The number of alkyl carbamates (subject to hydrolysis) is 1. The third kappa shape index (κ3) is 31.8. The fourth-order valence-electron chi connectivity index (χ4n) is 3.12. The Morgan fingerprint density at radius 1 is 0.867 bits per heavy atom. The molecule has 0 bridgehead atoms. The summed E-state index contributed by atoms with van der Waals surface area (Å²) in [5, 5.41) is 8.39. The van der Waals surface area contributed by atoms with Gasteiger partial charge in [0.1, 0.15) is 5.44 Å². The van der Waals surface area contributed by atoms with Gasteiger partial charge >= 0.3 is 6.09 Å². The van der Waals surface area contributed by atoms with Crippen molar-refractivity contribution < 1.29 is 33.3 Å². The van der Waals surface area contributed by atoms with Crippen LogP contribution in [0.1, 0.15) is 59.9 Å². The lowest BCUT2D eigenvalue weighted by Gasteiger charge is -2.12. The molecule has 0 aliphatic heterocycles. The lowest BCUT2D eigenvalue weighted by Crippen LogP contribution is -2.27. The van der Waals surface area contributed by atoms with Crippen LogP contribution < -0.4 is 16.0 Å². The SMILES string of the molecule is CC(C)NCCOCCOCCOCCNC=O.CCc1ccc(SSC(C)OCCCCOC(=O)NCC#CC(C)C)cc1. The minimum absolute atomic E-state index is 0.115. The van der Waals surface area contributed by atoms with Gasteiger partial charge in [0.25, 0.3) is 0 Å². The normalized spacial score (nSPS) is 11.3. The number of ether oxygens (including phenoxy) is 5. The van der Waals surface area contributed by atoms with Crippen molar-refractivity contribution >= 4 is 34.1 Å². The predicted molar refractivity (Wildman–Crippen MR) is 186 cm³/mol. The molecule has 0 aromatic heterocycles. The molecular weight excluding hydrogens is 615 g/mol. The van der Waals surface area contributed by atoms with Crippen LogP contribution >= 0.6 is 21.6 Å². The molecule has 1 rings (SSSR count). The van der Waals surface area contributed by atoms with E-state index >= 15 is 0 Å². The van der Waals surface area contributed by atoms with Crippen LogP contribution in [-0.4, -0.2) is 96.5 Å². The number of nitrogens with one attached hydrogen (secondary N) is 3. The van der Waals surface area contributed by atoms with Gasteiger partial charge in [-0.25, -0.2) is 4.79 Å². The van der Waals surface area contributed by atoms with Gasteiger partial charge in [-0.15, -0.1) is 0 Å². The van der Waals surface area contributed by atoms with Gasteiger partial charge in [-0.2, -0.15) is 0 Å². The Morgan fingerprint density at radius 3 is 2.09 bits per heavy atom. The van der Waals surface area contributed by atoms with E-state index in [-0.39, 0.29) is 5.44 Å². The van der Waals surface area contributed by atoms with E-state index in [0.717, 1.165) is 25.8 Å². The Labute approximate surface area is 279 Å². The van der Waals surface area contributed by atoms with E-state index in [1.807, 2.05) is 13.8 Å². The summed E-state index contributed by atoms with van der Waals surface area (Å²) in [6.07, 6.45) is 2.96. The summed E-state index contributed by atoms with van der Waals surface area (Å²) in [7, 11) is 3.44. The van der Waals surface area contributed by atoms with E-state index in [4.69, 9.17) is 23.7 Å². The molecule has 0 fully saturated rings. The molecule has 1 atom stereocenters. The third-order valence-electron chi connectivity index (χ3n) is 5.46. The summed E-state index contributed by atoms with van der Waals surface area (Å²) < 4.78 is 26.8. The van der Waals surface area contributed by atoms with Gasteiger partial charge in [-0.05, 0) is 43.9 Å². The van der Waals surface area contributed by atoms with Gasteiger partial charge < -0.3 is 39.6 Å². The molecule has 3 N–H and O–H groups in total. The fraction of sp³-hybridized carbons (Fsp3) is 0.697. The monoisotopic (exact) mass is 671 g/mol. The average molecular weight is 672 g/mol. The zero-order chi connectivity index (χ0) is 33.4. The zero-order valence-electron chi connectivity index (χ0n) is 28.2. The second-order valence-electron chi connectivity index (χ2n) is 10.3. The largest absolute Gasteiger partial charge is 0.450 e. The van der Waals surface area contributed by atoms with E-state index in [0.29, 0.717) is 84.3 Å². The van der Waals surface area contributed by atoms with Gasteiger partial charge in [0.2, 0.25) is 6.41 Å². The maximum absolute atomic E-state index is 11.5. The van der Waals surface area contributed by atoms with Crippen molar-refractivity contribution in [1.29, 1.82) is 0 Å². The maximum atomic E-state index is 11.5. The highest BCUT2D eigenvalue weighted by molar-refractivity contribution is 8.76. The Kier molecular flexibility index (Phi) is 30.6. The molecule has 0 saturated carbocycles. The average Bonchev–Trinajstić information content (AvgIpc) is 3.02. The number of hydrogen-bond donors (Lipinski definition) is 3. The van der Waals surface area contributed by atoms with Crippen LogP contribution in [-0.2, 0) is 34.9 Å². The highest BCUT2D eigenvalue weighted by atomic mass is 33.1. The quantitative estimate of drug-likeness (QED) is 0.0416. The predicted octanol–water partition coefficient (Wildman–Crippen LogP) is 5.30. The van der Waals surface area contributed by atoms with Gasteiger partial charge in [0, 0.05) is 36.6 Å². The number of unbranched alkanes of at least 4 members (excludes halogenated alkanes) is 1. The van der Waals surface area contributed by atoms with Gasteiger partial charge in [-0.1, -0.05) is 80.2 Å². The summed E-state index contributed by atoms with van der Waals surface area (Å²) in [5.41, 5.74) is 1.47. The number of carbonyl (C=O) groups is 2. The molecule has 0 spiro atoms. The maximum Gasteiger partial charge on any atom is 0.407 e. The van der Waals surface area contributed by atoms with Crippen LogP contribution in [0.2, 0.25) is 0 Å². The first-order chi connectivity index (χ1) is 21.8. The molecule has 0 aliphatic carbocycles. The van der Waals surface area contributed by atoms with E-state index in [9.17, 15) is 9.59 Å². The topological polar surface area (TPSA) is 116 Å². The fourth-order valence-corrected chi connectivity index (χ4v) is 5.01. The molecule has 1 unspecified atom stereocenters. The van der Waals surface area contributed by atoms with Crippen LogP contribution in [0.25, 0.3) is 0 Å². The van der Waals surface area contributed by atoms with E-state index in [2.05, 4.69) is 79.8 Å². The van der Waals surface area contributed by atoms with Crippen LogP contribution in [0.3, 0.4) is 0 Å². The summed E-state index contributed by atoms with van der Waals surface area (Å²) in [6.45, 7) is 18.7. The standard InChI is InChI=1S/C21H31NO3S2.C12H26N2O4/c1-5-19-10-12-20(13-11-19)27-26-18(4)24-15-6-7-16-25-21(23)22-14-8-9-17(2)3;1-12(2)14-4-6-17-8-10-18-9-7-16-5-3-13-11-15/h10-13,17-18H,5-7,14-16H2,1-4H3,(H,22,23);11-12,14H,3-10H2,1-2H3,(H,13,15). The minimum Gasteiger partial charge on any atom is -0.450 e. The number of benzene rings is 1. The molecule has 0 radical (unpaired) electrons. The lowest BCUT2D eigenvalue weighted by atomic mass is 10.2. The third-order valence-corrected chi connectivity index (χ3v) is 8.11. The number of amides is 2. The first-order valence-corrected chi connectivity index (χ1v) is 18.1. The first kappa shape index (κ1) is 43.0. The van der Waals surface area contributed by atoms with Crippen molar-refractivity contribution in [2.24, 2.45) is 5.92 Å². The smallest absolute Gasteiger partial charge is 0.407 e. The second kappa shape index (κ2) is 32.0. The minimum atomic E-state index is -0.414. The summed E-state index contributed by atoms with van der Waals surface area (Å²) in [4.78, 5) is 22.6. The van der Waals surface area contributed by atoms with Crippen molar-refractivity contribution in [1.82, 2.24) is 16.0 Å². The number of hydrogen-bond acceptors (Lipinski definition) is 10. The molecule has 45 heavy (non-hydrogen) atoms. The Morgan fingerprint density at radius 2 is 1.49 bits per heavy atom. The number of rotatable bonds is 25. The summed E-state index contributed by atoms with van der Waals surface area (Å²) >= 11 is 0. The molecule has 1 aromatic rings. The van der Waals surface area contributed by atoms with E-state index in [1.165, 1.54) is 10.5 Å². The van der Waals surface area contributed by atoms with Gasteiger partial charge in [-0.3, -0.25) is 4.79 Å². The molecule has 10 nitrogen and oxygen atoms in total. The van der Waals surface area contributed by atoms with Crippen LogP contribution in [0.15, 0.2) is 29.2 Å². The molecule has 0 heterocycles. The lowest BCUT2D eigenvalue weighted by molar-refractivity contribution is -0.109. The first-order valence-electron chi connectivity index (χ1n) is 15.8. The Balaban J connectivity index is 0.000000937. The highest BCUT2D eigenvalue weighted by Gasteiger charge is 2.05. The molecule has 2 amide bonds. The van der Waals surface area contributed by atoms with Crippen molar-refractivity contribution in [2.75, 3.05) is 72.5 Å². The molecule has 258 valence electrons. The zero-order valence-corrected chi connectivity index (χ0v) is 29.8. The number of aryl methyl sites for hydroxylation is 1. The molecule has 0 saturated heterocycles. The van der Waals surface area contributed by atoms with E-state index < -0.39 is 6.09 Å². The van der Waals surface area contributed by atoms with Crippen molar-refractivity contribution in [3.8, 4) is 11.8 Å². The van der Waals surface area contributed by atoms with Crippen molar-refractivity contribution in [2.45, 2.75) is 77.2 Å². The molecular formula is C33H57N3O7S2. The van der Waals surface area contributed by atoms with E-state index in [1.54, 1.807) is 21.6 Å². The van der Waals surface area contributed by atoms with Gasteiger partial charge in [0.15, 0.2) is 0 Å². The molecule has 1 aromatic carbocycles. The molecule has 12 heteroatoms. The van der Waals surface area contributed by atoms with Crippen LogP contribution in [0.4, 0.5) is 4.79 Å². The number of carbonyl (C=O) groups excluding carboxylic acids is 2.